The highest BCUT2D eigenvalue weighted by Gasteiger charge is 2.10. The van der Waals surface area contributed by atoms with Gasteiger partial charge in [0.1, 0.15) is 10.5 Å². The van der Waals surface area contributed by atoms with Crippen LogP contribution in [0.4, 0.5) is 10.1 Å². The topological polar surface area (TPSA) is 74.8 Å². The van der Waals surface area contributed by atoms with Gasteiger partial charge in [-0.3, -0.25) is 9.59 Å². The molecule has 5 nitrogen and oxygen atoms in total. The minimum absolute atomic E-state index is 0.0208. The number of halogens is 1. The van der Waals surface area contributed by atoms with E-state index in [4.69, 9.17) is 0 Å². The molecule has 0 unspecified atom stereocenters. The molecule has 0 fully saturated rings. The lowest BCUT2D eigenvalue weighted by Crippen LogP contribution is -2.16. The number of aromatic amines is 1. The molecule has 0 bridgehead atoms. The van der Waals surface area contributed by atoms with Crippen molar-refractivity contribution < 1.29 is 9.18 Å². The smallest absolute Gasteiger partial charge is 0.269 e. The number of thiophene rings is 1. The number of fused-ring (bicyclic) bond motifs is 1. The Morgan fingerprint density at radius 2 is 2.18 bits per heavy atom. The number of thioether (sulfide) groups is 1. The summed E-state index contributed by atoms with van der Waals surface area (Å²) in [6.45, 7) is 0. The van der Waals surface area contributed by atoms with Gasteiger partial charge in [-0.2, -0.15) is 0 Å². The number of amides is 1. The second-order valence-electron chi connectivity index (χ2n) is 4.32. The van der Waals surface area contributed by atoms with Gasteiger partial charge in [0.2, 0.25) is 5.91 Å². The first kappa shape index (κ1) is 14.7. The maximum atomic E-state index is 13.4. The Kier molecular flexibility index (Phi) is 4.21. The Morgan fingerprint density at radius 1 is 1.36 bits per heavy atom. The number of carbonyl (C=O) groups is 1. The molecule has 22 heavy (non-hydrogen) atoms. The third-order valence-corrected chi connectivity index (χ3v) is 4.56. The summed E-state index contributed by atoms with van der Waals surface area (Å²) < 4.78 is 14.0. The number of rotatable bonds is 4. The summed E-state index contributed by atoms with van der Waals surface area (Å²) in [4.78, 5) is 30.5. The number of nitrogens with one attached hydrogen (secondary N) is 2. The fourth-order valence-electron chi connectivity index (χ4n) is 1.80. The number of aromatic nitrogens is 2. The monoisotopic (exact) mass is 335 g/mol. The molecule has 112 valence electrons. The van der Waals surface area contributed by atoms with Gasteiger partial charge >= 0.3 is 0 Å². The summed E-state index contributed by atoms with van der Waals surface area (Å²) in [5.74, 6) is -0.845. The first-order chi connectivity index (χ1) is 10.6. The number of hydrogen-bond donors (Lipinski definition) is 2. The van der Waals surface area contributed by atoms with E-state index in [9.17, 15) is 14.0 Å². The second kappa shape index (κ2) is 6.29. The number of benzene rings is 1. The van der Waals surface area contributed by atoms with Crippen LogP contribution in [0.5, 0.6) is 0 Å². The van der Waals surface area contributed by atoms with Gasteiger partial charge in [0, 0.05) is 0 Å². The van der Waals surface area contributed by atoms with Crippen LogP contribution in [0.1, 0.15) is 0 Å². The molecule has 3 rings (SSSR count). The molecule has 3 aromatic rings. The molecule has 0 spiro atoms. The lowest BCUT2D eigenvalue weighted by molar-refractivity contribution is -0.113. The van der Waals surface area contributed by atoms with Crippen LogP contribution in [0, 0.1) is 5.82 Å². The van der Waals surface area contributed by atoms with E-state index >= 15 is 0 Å². The largest absolute Gasteiger partial charge is 0.323 e. The summed E-state index contributed by atoms with van der Waals surface area (Å²) in [7, 11) is 0. The van der Waals surface area contributed by atoms with E-state index in [1.54, 1.807) is 23.6 Å². The molecule has 0 saturated carbocycles. The van der Waals surface area contributed by atoms with Crippen molar-refractivity contribution in [2.75, 3.05) is 11.1 Å². The Bertz CT molecular complexity index is 891. The van der Waals surface area contributed by atoms with E-state index in [0.717, 1.165) is 11.8 Å². The van der Waals surface area contributed by atoms with Crippen LogP contribution < -0.4 is 10.9 Å². The molecule has 0 saturated heterocycles. The van der Waals surface area contributed by atoms with E-state index in [2.05, 4.69) is 15.3 Å². The second-order valence-corrected chi connectivity index (χ2v) is 6.20. The molecule has 0 radical (unpaired) electrons. The van der Waals surface area contributed by atoms with Crippen LogP contribution in [0.3, 0.4) is 0 Å². The fourth-order valence-corrected chi connectivity index (χ4v) is 3.20. The number of hydrogen-bond acceptors (Lipinski definition) is 5. The van der Waals surface area contributed by atoms with Crippen LogP contribution in [0.25, 0.3) is 10.2 Å². The van der Waals surface area contributed by atoms with Gasteiger partial charge in [0.15, 0.2) is 5.16 Å². The molecular weight excluding hydrogens is 325 g/mol. The van der Waals surface area contributed by atoms with E-state index in [-0.39, 0.29) is 22.9 Å². The molecule has 2 heterocycles. The minimum Gasteiger partial charge on any atom is -0.323 e. The average molecular weight is 335 g/mol. The summed E-state index contributed by atoms with van der Waals surface area (Å²) in [5.41, 5.74) is 0.505. The molecule has 2 N–H and O–H groups in total. The molecule has 1 amide bonds. The van der Waals surface area contributed by atoms with Crippen molar-refractivity contribution in [3.63, 3.8) is 0 Å². The van der Waals surface area contributed by atoms with Crippen molar-refractivity contribution in [3.05, 3.63) is 51.9 Å². The summed E-state index contributed by atoms with van der Waals surface area (Å²) in [6.07, 6.45) is 0. The van der Waals surface area contributed by atoms with E-state index in [0.29, 0.717) is 15.4 Å². The van der Waals surface area contributed by atoms with Crippen molar-refractivity contribution in [1.29, 1.82) is 0 Å². The molecule has 8 heteroatoms. The summed E-state index contributed by atoms with van der Waals surface area (Å²) in [6, 6.07) is 7.68. The molecule has 0 aliphatic rings. The predicted octanol–water partition coefficient (Wildman–Crippen LogP) is 2.85. The van der Waals surface area contributed by atoms with Gasteiger partial charge in [0.25, 0.3) is 5.56 Å². The van der Waals surface area contributed by atoms with E-state index in [1.165, 1.54) is 23.5 Å². The first-order valence-electron chi connectivity index (χ1n) is 6.28. The van der Waals surface area contributed by atoms with Gasteiger partial charge in [-0.05, 0) is 23.6 Å². The van der Waals surface area contributed by atoms with E-state index in [1.807, 2.05) is 0 Å². The Morgan fingerprint density at radius 3 is 3.00 bits per heavy atom. The van der Waals surface area contributed by atoms with Crippen LogP contribution in [-0.4, -0.2) is 21.6 Å². The zero-order valence-electron chi connectivity index (χ0n) is 11.1. The van der Waals surface area contributed by atoms with Crippen LogP contribution in [-0.2, 0) is 4.79 Å². The molecule has 0 atom stereocenters. The van der Waals surface area contributed by atoms with Crippen molar-refractivity contribution >= 4 is 44.9 Å². The van der Waals surface area contributed by atoms with Gasteiger partial charge in [-0.15, -0.1) is 11.3 Å². The van der Waals surface area contributed by atoms with E-state index < -0.39 is 5.82 Å². The molecule has 2 aromatic heterocycles. The Labute approximate surface area is 132 Å². The lowest BCUT2D eigenvalue weighted by atomic mass is 10.3. The Hall–Kier alpha value is -2.19. The fraction of sp³-hybridized carbons (Fsp3) is 0.0714. The van der Waals surface area contributed by atoms with Gasteiger partial charge in [0.05, 0.1) is 17.0 Å². The zero-order chi connectivity index (χ0) is 15.5. The molecule has 0 aliphatic carbocycles. The zero-order valence-corrected chi connectivity index (χ0v) is 12.8. The maximum absolute atomic E-state index is 13.4. The third-order valence-electron chi connectivity index (χ3n) is 2.78. The average Bonchev–Trinajstić information content (AvgIpc) is 2.97. The minimum atomic E-state index is -0.493. The third kappa shape index (κ3) is 3.18. The first-order valence-corrected chi connectivity index (χ1v) is 8.15. The molecular formula is C14H10FN3O2S2. The Balaban J connectivity index is 1.67. The van der Waals surface area contributed by atoms with Crippen molar-refractivity contribution in [2.24, 2.45) is 0 Å². The van der Waals surface area contributed by atoms with Crippen molar-refractivity contribution in [3.8, 4) is 0 Å². The number of carbonyl (C=O) groups excluding carboxylic acids is 1. The summed E-state index contributed by atoms with van der Waals surface area (Å²) >= 11 is 2.40. The van der Waals surface area contributed by atoms with Gasteiger partial charge < -0.3 is 10.3 Å². The van der Waals surface area contributed by atoms with Crippen LogP contribution in [0.15, 0.2) is 45.7 Å². The van der Waals surface area contributed by atoms with Crippen LogP contribution >= 0.6 is 23.1 Å². The maximum Gasteiger partial charge on any atom is 0.269 e. The highest BCUT2D eigenvalue weighted by molar-refractivity contribution is 7.99. The number of anilines is 1. The van der Waals surface area contributed by atoms with Gasteiger partial charge in [-0.1, -0.05) is 23.9 Å². The van der Waals surface area contributed by atoms with Crippen LogP contribution in [0.2, 0.25) is 0 Å². The normalized spacial score (nSPS) is 10.8. The predicted molar refractivity (Wildman–Crippen MR) is 86.0 cm³/mol. The highest BCUT2D eigenvalue weighted by Crippen LogP contribution is 2.19. The number of nitrogens with zero attached hydrogens (tertiary/aromatic N) is 1. The molecule has 0 aliphatic heterocycles. The quantitative estimate of drug-likeness (QED) is 0.568. The molecule has 1 aromatic carbocycles. The highest BCUT2D eigenvalue weighted by atomic mass is 32.2. The summed E-state index contributed by atoms with van der Waals surface area (Å²) in [5, 5.41) is 4.62. The van der Waals surface area contributed by atoms with Crippen molar-refractivity contribution in [1.82, 2.24) is 9.97 Å². The number of para-hydroxylation sites is 1. The SMILES string of the molecule is O=C(CSc1nc2ccsc2c(=O)[nH]1)Nc1ccccc1F. The van der Waals surface area contributed by atoms with Gasteiger partial charge in [-0.25, -0.2) is 9.37 Å². The van der Waals surface area contributed by atoms with Crippen molar-refractivity contribution in [2.45, 2.75) is 5.16 Å². The number of H-pyrrole nitrogens is 1. The lowest BCUT2D eigenvalue weighted by Gasteiger charge is -2.05. The standard InChI is InChI=1S/C14H10FN3O2S2/c15-8-3-1-2-4-9(8)16-11(19)7-22-14-17-10-5-6-21-12(10)13(20)18-14/h1-6H,7H2,(H,16,19)(H,17,18,20).